The van der Waals surface area contributed by atoms with Crippen molar-refractivity contribution in [1.82, 2.24) is 9.97 Å². The second-order valence-corrected chi connectivity index (χ2v) is 5.50. The van der Waals surface area contributed by atoms with Gasteiger partial charge in [-0.05, 0) is 36.6 Å². The summed E-state index contributed by atoms with van der Waals surface area (Å²) in [5.41, 5.74) is 7.83. The molecular formula is C14H16BrN3O. The highest BCUT2D eigenvalue weighted by molar-refractivity contribution is 9.10. The summed E-state index contributed by atoms with van der Waals surface area (Å²) in [4.78, 5) is 8.20. The summed E-state index contributed by atoms with van der Waals surface area (Å²) >= 11 is 3.46. The normalized spacial score (nSPS) is 10.8. The smallest absolute Gasteiger partial charge is 0.227 e. The summed E-state index contributed by atoms with van der Waals surface area (Å²) in [6.07, 6.45) is 1.42. The van der Waals surface area contributed by atoms with E-state index in [0.29, 0.717) is 11.7 Å². The van der Waals surface area contributed by atoms with Crippen molar-refractivity contribution in [3.63, 3.8) is 0 Å². The van der Waals surface area contributed by atoms with Crippen molar-refractivity contribution in [2.24, 2.45) is 0 Å². The van der Waals surface area contributed by atoms with Crippen LogP contribution < -0.4 is 10.5 Å². The van der Waals surface area contributed by atoms with E-state index in [9.17, 15) is 0 Å². The lowest BCUT2D eigenvalue weighted by molar-refractivity contribution is 0.451. The zero-order valence-electron chi connectivity index (χ0n) is 11.1. The summed E-state index contributed by atoms with van der Waals surface area (Å²) in [5, 5.41) is 0. The molecule has 0 aliphatic rings. The highest BCUT2D eigenvalue weighted by atomic mass is 79.9. The van der Waals surface area contributed by atoms with Gasteiger partial charge in [-0.2, -0.15) is 0 Å². The van der Waals surface area contributed by atoms with E-state index in [1.807, 2.05) is 39.0 Å². The Morgan fingerprint density at radius 1 is 1.26 bits per heavy atom. The number of halogens is 1. The largest absolute Gasteiger partial charge is 0.439 e. The third-order valence-corrected chi connectivity index (χ3v) is 3.69. The highest BCUT2D eigenvalue weighted by Crippen LogP contribution is 2.32. The molecule has 0 unspecified atom stereocenters. The number of hydrogen-bond donors (Lipinski definition) is 1. The van der Waals surface area contributed by atoms with Crippen molar-refractivity contribution in [1.29, 1.82) is 0 Å². The number of ether oxygens (including phenoxy) is 1. The standard InChI is InChI=1S/C14H16BrN3O/c1-8(2)12-13(16)17-7-18-14(12)19-10-4-5-11(15)9(3)6-10/h4-8H,1-3H3,(H2,16,17,18). The molecule has 5 heteroatoms. The van der Waals surface area contributed by atoms with E-state index < -0.39 is 0 Å². The molecule has 1 aromatic carbocycles. The van der Waals surface area contributed by atoms with Crippen LogP contribution in [0.2, 0.25) is 0 Å². The van der Waals surface area contributed by atoms with Gasteiger partial charge in [-0.25, -0.2) is 9.97 Å². The lowest BCUT2D eigenvalue weighted by Crippen LogP contribution is -2.04. The van der Waals surface area contributed by atoms with Crippen molar-refractivity contribution in [2.75, 3.05) is 5.73 Å². The van der Waals surface area contributed by atoms with Crippen LogP contribution in [0.15, 0.2) is 29.0 Å². The SMILES string of the molecule is Cc1cc(Oc2ncnc(N)c2C(C)C)ccc1Br. The molecule has 0 aliphatic carbocycles. The van der Waals surface area contributed by atoms with Crippen LogP contribution in [-0.2, 0) is 0 Å². The van der Waals surface area contributed by atoms with Gasteiger partial charge in [-0.1, -0.05) is 29.8 Å². The fraction of sp³-hybridized carbons (Fsp3) is 0.286. The van der Waals surface area contributed by atoms with Crippen LogP contribution in [0.3, 0.4) is 0 Å². The predicted molar refractivity (Wildman–Crippen MR) is 79.5 cm³/mol. The Balaban J connectivity index is 2.38. The van der Waals surface area contributed by atoms with Crippen LogP contribution in [0.1, 0.15) is 30.9 Å². The van der Waals surface area contributed by atoms with E-state index in [1.165, 1.54) is 6.33 Å². The third-order valence-electron chi connectivity index (χ3n) is 2.80. The van der Waals surface area contributed by atoms with E-state index in [-0.39, 0.29) is 5.92 Å². The Hall–Kier alpha value is -1.62. The van der Waals surface area contributed by atoms with Gasteiger partial charge in [-0.3, -0.25) is 0 Å². The van der Waals surface area contributed by atoms with E-state index in [4.69, 9.17) is 10.5 Å². The molecule has 2 rings (SSSR count). The van der Waals surface area contributed by atoms with Gasteiger partial charge in [0, 0.05) is 4.47 Å². The second-order valence-electron chi connectivity index (χ2n) is 4.65. The zero-order valence-corrected chi connectivity index (χ0v) is 12.7. The molecule has 0 saturated heterocycles. The van der Waals surface area contributed by atoms with Crippen LogP contribution in [0.4, 0.5) is 5.82 Å². The van der Waals surface area contributed by atoms with Crippen LogP contribution in [0.5, 0.6) is 11.6 Å². The fourth-order valence-corrected chi connectivity index (χ4v) is 2.06. The first-order chi connectivity index (χ1) is 8.99. The van der Waals surface area contributed by atoms with E-state index in [2.05, 4.69) is 25.9 Å². The Morgan fingerprint density at radius 3 is 2.63 bits per heavy atom. The third kappa shape index (κ3) is 3.04. The lowest BCUT2D eigenvalue weighted by Gasteiger charge is -2.14. The lowest BCUT2D eigenvalue weighted by atomic mass is 10.1. The molecule has 0 aliphatic heterocycles. The first-order valence-corrected chi connectivity index (χ1v) is 6.82. The first-order valence-electron chi connectivity index (χ1n) is 6.03. The Morgan fingerprint density at radius 2 is 2.00 bits per heavy atom. The molecule has 0 amide bonds. The molecule has 2 N–H and O–H groups in total. The number of nitrogens with two attached hydrogens (primary N) is 1. The van der Waals surface area contributed by atoms with Gasteiger partial charge in [0.1, 0.15) is 17.9 Å². The second kappa shape index (κ2) is 5.57. The monoisotopic (exact) mass is 321 g/mol. The molecule has 19 heavy (non-hydrogen) atoms. The molecular weight excluding hydrogens is 306 g/mol. The maximum Gasteiger partial charge on any atom is 0.227 e. The minimum Gasteiger partial charge on any atom is -0.439 e. The number of aryl methyl sites for hydroxylation is 1. The van der Waals surface area contributed by atoms with Gasteiger partial charge in [0.25, 0.3) is 0 Å². The molecule has 2 aromatic rings. The van der Waals surface area contributed by atoms with E-state index in [0.717, 1.165) is 21.3 Å². The summed E-state index contributed by atoms with van der Waals surface area (Å²) in [7, 11) is 0. The van der Waals surface area contributed by atoms with Crippen molar-refractivity contribution >= 4 is 21.7 Å². The van der Waals surface area contributed by atoms with Crippen LogP contribution in [0.25, 0.3) is 0 Å². The van der Waals surface area contributed by atoms with Crippen LogP contribution in [-0.4, -0.2) is 9.97 Å². The number of rotatable bonds is 3. The molecule has 0 radical (unpaired) electrons. The van der Waals surface area contributed by atoms with Crippen molar-refractivity contribution in [3.05, 3.63) is 40.1 Å². The zero-order chi connectivity index (χ0) is 14.0. The molecule has 0 bridgehead atoms. The minimum atomic E-state index is 0.202. The highest BCUT2D eigenvalue weighted by Gasteiger charge is 2.15. The van der Waals surface area contributed by atoms with Crippen molar-refractivity contribution in [3.8, 4) is 11.6 Å². The van der Waals surface area contributed by atoms with E-state index >= 15 is 0 Å². The van der Waals surface area contributed by atoms with Crippen molar-refractivity contribution < 1.29 is 4.74 Å². The minimum absolute atomic E-state index is 0.202. The van der Waals surface area contributed by atoms with Crippen LogP contribution >= 0.6 is 15.9 Å². The molecule has 4 nitrogen and oxygen atoms in total. The summed E-state index contributed by atoms with van der Waals surface area (Å²) in [6, 6.07) is 5.79. The fourth-order valence-electron chi connectivity index (χ4n) is 1.81. The van der Waals surface area contributed by atoms with Gasteiger partial charge in [0.15, 0.2) is 0 Å². The van der Waals surface area contributed by atoms with Gasteiger partial charge in [0.2, 0.25) is 5.88 Å². The number of benzene rings is 1. The Kier molecular flexibility index (Phi) is 4.04. The average molecular weight is 322 g/mol. The molecule has 0 saturated carbocycles. The van der Waals surface area contributed by atoms with Crippen LogP contribution in [0, 0.1) is 6.92 Å². The Labute approximate surface area is 121 Å². The number of nitrogen functional groups attached to an aromatic ring is 1. The number of anilines is 1. The average Bonchev–Trinajstić information content (AvgIpc) is 2.33. The van der Waals surface area contributed by atoms with Gasteiger partial charge in [-0.15, -0.1) is 0 Å². The molecule has 1 aromatic heterocycles. The quantitative estimate of drug-likeness (QED) is 0.926. The molecule has 0 atom stereocenters. The van der Waals surface area contributed by atoms with Gasteiger partial charge >= 0.3 is 0 Å². The summed E-state index contributed by atoms with van der Waals surface area (Å²) < 4.78 is 6.88. The maximum absolute atomic E-state index is 5.89. The molecule has 100 valence electrons. The maximum atomic E-state index is 5.89. The molecule has 0 fully saturated rings. The molecule has 1 heterocycles. The van der Waals surface area contributed by atoms with Gasteiger partial charge in [0.05, 0.1) is 5.56 Å². The number of nitrogens with zero attached hydrogens (tertiary/aromatic N) is 2. The summed E-state index contributed by atoms with van der Waals surface area (Å²) in [6.45, 7) is 6.08. The molecule has 0 spiro atoms. The predicted octanol–water partition coefficient (Wildman–Crippen LogP) is 4.05. The van der Waals surface area contributed by atoms with Gasteiger partial charge < -0.3 is 10.5 Å². The topological polar surface area (TPSA) is 61.0 Å². The van der Waals surface area contributed by atoms with E-state index in [1.54, 1.807) is 0 Å². The first kappa shape index (κ1) is 13.8. The van der Waals surface area contributed by atoms with Crippen molar-refractivity contribution in [2.45, 2.75) is 26.7 Å². The number of aromatic nitrogens is 2. The Bertz CT molecular complexity index is 599. The number of hydrogen-bond acceptors (Lipinski definition) is 4. The summed E-state index contributed by atoms with van der Waals surface area (Å²) in [5.74, 6) is 1.92.